The van der Waals surface area contributed by atoms with Gasteiger partial charge in [0.1, 0.15) is 5.69 Å². The SMILES string of the molecule is CCn1nc(C=O)c2c1CSCC2. The highest BCUT2D eigenvalue weighted by Crippen LogP contribution is 2.26. The Hall–Kier alpha value is -0.770. The number of carbonyl (C=O) groups excluding carboxylic acids is 1. The van der Waals surface area contributed by atoms with Gasteiger partial charge in [0, 0.05) is 17.9 Å². The van der Waals surface area contributed by atoms with E-state index in [1.165, 1.54) is 11.3 Å². The van der Waals surface area contributed by atoms with E-state index in [0.717, 1.165) is 30.8 Å². The Morgan fingerprint density at radius 3 is 3.23 bits per heavy atom. The van der Waals surface area contributed by atoms with Gasteiger partial charge in [0.05, 0.1) is 5.69 Å². The van der Waals surface area contributed by atoms with Crippen molar-refractivity contribution in [3.05, 3.63) is 17.0 Å². The first-order chi connectivity index (χ1) is 6.36. The number of hydrogen-bond donors (Lipinski definition) is 0. The molecule has 1 aliphatic rings. The zero-order chi connectivity index (χ0) is 9.26. The number of nitrogens with zero attached hydrogens (tertiary/aromatic N) is 2. The Morgan fingerprint density at radius 2 is 2.54 bits per heavy atom. The third-order valence-corrected chi connectivity index (χ3v) is 3.31. The van der Waals surface area contributed by atoms with E-state index in [4.69, 9.17) is 0 Å². The van der Waals surface area contributed by atoms with E-state index in [-0.39, 0.29) is 0 Å². The van der Waals surface area contributed by atoms with Gasteiger partial charge in [-0.1, -0.05) is 0 Å². The first kappa shape index (κ1) is 8.81. The number of aldehydes is 1. The zero-order valence-corrected chi connectivity index (χ0v) is 8.43. The van der Waals surface area contributed by atoms with Crippen molar-refractivity contribution in [2.75, 3.05) is 5.75 Å². The molecule has 0 amide bonds. The molecule has 0 radical (unpaired) electrons. The molecule has 0 N–H and O–H groups in total. The standard InChI is InChI=1S/C9H12N2OS/c1-2-11-9-6-13-4-3-7(9)8(5-12)10-11/h5H,2-4,6H2,1H3. The summed E-state index contributed by atoms with van der Waals surface area (Å²) in [7, 11) is 0. The molecule has 4 heteroatoms. The summed E-state index contributed by atoms with van der Waals surface area (Å²) in [4.78, 5) is 10.7. The van der Waals surface area contributed by atoms with E-state index >= 15 is 0 Å². The van der Waals surface area contributed by atoms with Gasteiger partial charge in [-0.2, -0.15) is 16.9 Å². The van der Waals surface area contributed by atoms with Crippen molar-refractivity contribution in [3.8, 4) is 0 Å². The lowest BCUT2D eigenvalue weighted by Crippen LogP contribution is -2.07. The molecule has 0 atom stereocenters. The van der Waals surface area contributed by atoms with Crippen LogP contribution in [0.25, 0.3) is 0 Å². The molecule has 0 saturated carbocycles. The summed E-state index contributed by atoms with van der Waals surface area (Å²) in [6.07, 6.45) is 1.87. The summed E-state index contributed by atoms with van der Waals surface area (Å²) in [5, 5.41) is 4.26. The normalized spacial score (nSPS) is 15.5. The summed E-state index contributed by atoms with van der Waals surface area (Å²) < 4.78 is 1.95. The molecule has 1 aliphatic heterocycles. The lowest BCUT2D eigenvalue weighted by Gasteiger charge is -2.12. The average Bonchev–Trinajstić information content (AvgIpc) is 2.56. The number of carbonyl (C=O) groups is 1. The number of fused-ring (bicyclic) bond motifs is 1. The van der Waals surface area contributed by atoms with Gasteiger partial charge in [-0.3, -0.25) is 9.48 Å². The number of rotatable bonds is 2. The molecule has 0 bridgehead atoms. The highest BCUT2D eigenvalue weighted by atomic mass is 32.2. The maximum Gasteiger partial charge on any atom is 0.170 e. The fourth-order valence-electron chi connectivity index (χ4n) is 1.69. The molecule has 0 spiro atoms. The van der Waals surface area contributed by atoms with Gasteiger partial charge < -0.3 is 0 Å². The molecule has 13 heavy (non-hydrogen) atoms. The summed E-state index contributed by atoms with van der Waals surface area (Å²) >= 11 is 1.91. The van der Waals surface area contributed by atoms with Crippen molar-refractivity contribution < 1.29 is 4.79 Å². The molecule has 2 heterocycles. The lowest BCUT2D eigenvalue weighted by atomic mass is 10.1. The minimum Gasteiger partial charge on any atom is -0.296 e. The van der Waals surface area contributed by atoms with Gasteiger partial charge in [-0.25, -0.2) is 0 Å². The summed E-state index contributed by atoms with van der Waals surface area (Å²) in [6.45, 7) is 2.91. The molecule has 2 rings (SSSR count). The van der Waals surface area contributed by atoms with Crippen LogP contribution in [0.5, 0.6) is 0 Å². The van der Waals surface area contributed by atoms with Crippen LogP contribution < -0.4 is 0 Å². The van der Waals surface area contributed by atoms with Gasteiger partial charge in [-0.15, -0.1) is 0 Å². The van der Waals surface area contributed by atoms with Crippen molar-refractivity contribution in [2.45, 2.75) is 25.6 Å². The number of aryl methyl sites for hydroxylation is 1. The van der Waals surface area contributed by atoms with E-state index in [9.17, 15) is 4.79 Å². The van der Waals surface area contributed by atoms with Gasteiger partial charge in [0.2, 0.25) is 0 Å². The van der Waals surface area contributed by atoms with Crippen molar-refractivity contribution in [3.63, 3.8) is 0 Å². The summed E-state index contributed by atoms with van der Waals surface area (Å²) in [5.74, 6) is 2.12. The highest BCUT2D eigenvalue weighted by molar-refractivity contribution is 7.98. The Balaban J connectivity index is 2.50. The second-order valence-electron chi connectivity index (χ2n) is 3.05. The quantitative estimate of drug-likeness (QED) is 0.672. The minimum absolute atomic E-state index is 0.650. The molecule has 0 saturated heterocycles. The Bertz CT molecular complexity index is 333. The van der Waals surface area contributed by atoms with Crippen molar-refractivity contribution >= 4 is 18.0 Å². The van der Waals surface area contributed by atoms with Crippen LogP contribution in [0.4, 0.5) is 0 Å². The molecular formula is C9H12N2OS. The molecule has 70 valence electrons. The monoisotopic (exact) mass is 196 g/mol. The third kappa shape index (κ3) is 1.39. The van der Waals surface area contributed by atoms with Gasteiger partial charge in [0.15, 0.2) is 6.29 Å². The highest BCUT2D eigenvalue weighted by Gasteiger charge is 2.19. The molecule has 0 aliphatic carbocycles. The van der Waals surface area contributed by atoms with Gasteiger partial charge in [0.25, 0.3) is 0 Å². The first-order valence-electron chi connectivity index (χ1n) is 4.48. The van der Waals surface area contributed by atoms with Crippen molar-refractivity contribution in [2.24, 2.45) is 0 Å². The van der Waals surface area contributed by atoms with E-state index in [1.807, 2.05) is 16.4 Å². The van der Waals surface area contributed by atoms with Crippen LogP contribution in [0, 0.1) is 0 Å². The largest absolute Gasteiger partial charge is 0.296 e. The third-order valence-electron chi connectivity index (χ3n) is 2.34. The molecule has 1 aromatic heterocycles. The molecule has 0 unspecified atom stereocenters. The number of thioether (sulfide) groups is 1. The van der Waals surface area contributed by atoms with Crippen LogP contribution >= 0.6 is 11.8 Å². The molecule has 3 nitrogen and oxygen atoms in total. The Kier molecular flexibility index (Phi) is 2.40. The molecule has 1 aromatic rings. The predicted octanol–water partition coefficient (Wildman–Crippen LogP) is 1.50. The van der Waals surface area contributed by atoms with E-state index in [2.05, 4.69) is 12.0 Å². The van der Waals surface area contributed by atoms with E-state index < -0.39 is 0 Å². The van der Waals surface area contributed by atoms with Gasteiger partial charge in [-0.05, 0) is 19.1 Å². The molecule has 0 aromatic carbocycles. The van der Waals surface area contributed by atoms with Gasteiger partial charge >= 0.3 is 0 Å². The van der Waals surface area contributed by atoms with Crippen LogP contribution in [0.1, 0.15) is 28.7 Å². The van der Waals surface area contributed by atoms with E-state index in [0.29, 0.717) is 5.69 Å². The summed E-state index contributed by atoms with van der Waals surface area (Å²) in [5.41, 5.74) is 3.08. The maximum absolute atomic E-state index is 10.7. The van der Waals surface area contributed by atoms with Crippen molar-refractivity contribution in [1.82, 2.24) is 9.78 Å². The second-order valence-corrected chi connectivity index (χ2v) is 4.15. The van der Waals surface area contributed by atoms with Crippen LogP contribution in [0.15, 0.2) is 0 Å². The summed E-state index contributed by atoms with van der Waals surface area (Å²) in [6, 6.07) is 0. The minimum atomic E-state index is 0.650. The predicted molar refractivity (Wildman–Crippen MR) is 53.2 cm³/mol. The second kappa shape index (κ2) is 3.54. The molecule has 0 fully saturated rings. The smallest absolute Gasteiger partial charge is 0.170 e. The fraction of sp³-hybridized carbons (Fsp3) is 0.556. The maximum atomic E-state index is 10.7. The zero-order valence-electron chi connectivity index (χ0n) is 7.62. The Labute approximate surface area is 81.5 Å². The fourth-order valence-corrected chi connectivity index (χ4v) is 2.70. The van der Waals surface area contributed by atoms with Crippen LogP contribution in [-0.2, 0) is 18.7 Å². The average molecular weight is 196 g/mol. The lowest BCUT2D eigenvalue weighted by molar-refractivity contribution is 0.111. The van der Waals surface area contributed by atoms with Crippen LogP contribution in [0.3, 0.4) is 0 Å². The van der Waals surface area contributed by atoms with Crippen LogP contribution in [0.2, 0.25) is 0 Å². The van der Waals surface area contributed by atoms with Crippen molar-refractivity contribution in [1.29, 1.82) is 0 Å². The Morgan fingerprint density at radius 1 is 1.69 bits per heavy atom. The van der Waals surface area contributed by atoms with Crippen LogP contribution in [-0.4, -0.2) is 21.8 Å². The number of hydrogen-bond acceptors (Lipinski definition) is 3. The first-order valence-corrected chi connectivity index (χ1v) is 5.63. The van der Waals surface area contributed by atoms with E-state index in [1.54, 1.807) is 0 Å². The molecular weight excluding hydrogens is 184 g/mol. The number of aromatic nitrogens is 2. The topological polar surface area (TPSA) is 34.9 Å².